The van der Waals surface area contributed by atoms with E-state index in [1.54, 1.807) is 6.07 Å². The van der Waals surface area contributed by atoms with Crippen molar-refractivity contribution in [1.82, 2.24) is 10.3 Å². The van der Waals surface area contributed by atoms with Crippen LogP contribution in [-0.4, -0.2) is 23.7 Å². The smallest absolute Gasteiger partial charge is 0.213 e. The van der Waals surface area contributed by atoms with Crippen molar-refractivity contribution in [3.63, 3.8) is 0 Å². The first kappa shape index (κ1) is 15.9. The minimum absolute atomic E-state index is 0.340. The van der Waals surface area contributed by atoms with E-state index in [0.717, 1.165) is 12.8 Å². The van der Waals surface area contributed by atoms with Crippen LogP contribution in [0.2, 0.25) is 0 Å². The maximum atomic E-state index is 12.7. The molecule has 0 aliphatic rings. The Morgan fingerprint density at radius 2 is 2.00 bits per heavy atom. The van der Waals surface area contributed by atoms with Crippen LogP contribution in [0, 0.1) is 11.7 Å². The molecule has 3 nitrogen and oxygen atoms in total. The molecule has 1 N–H and O–H groups in total. The van der Waals surface area contributed by atoms with Crippen molar-refractivity contribution in [1.29, 1.82) is 0 Å². The standard InChI is InChI=1S/C15H25FN2O/c1-5-12(14(6-2)18-11(3)4)10-19-15-8-7-13(16)9-17-15/h7-9,11-12,14,18H,5-6,10H2,1-4H3. The lowest BCUT2D eigenvalue weighted by Gasteiger charge is -2.28. The van der Waals surface area contributed by atoms with Crippen molar-refractivity contribution in [2.45, 2.75) is 52.6 Å². The number of aromatic nitrogens is 1. The maximum absolute atomic E-state index is 12.7. The van der Waals surface area contributed by atoms with Crippen molar-refractivity contribution in [2.24, 2.45) is 5.92 Å². The minimum atomic E-state index is -0.340. The fourth-order valence-corrected chi connectivity index (χ4v) is 2.17. The molecule has 1 heterocycles. The van der Waals surface area contributed by atoms with Crippen LogP contribution < -0.4 is 10.1 Å². The van der Waals surface area contributed by atoms with E-state index in [1.807, 2.05) is 0 Å². The quantitative estimate of drug-likeness (QED) is 0.784. The van der Waals surface area contributed by atoms with Gasteiger partial charge in [-0.3, -0.25) is 0 Å². The Kier molecular flexibility index (Phi) is 6.78. The van der Waals surface area contributed by atoms with E-state index in [0.29, 0.717) is 30.5 Å². The molecule has 2 atom stereocenters. The Balaban J connectivity index is 2.53. The summed E-state index contributed by atoms with van der Waals surface area (Å²) in [5.74, 6) is 0.575. The van der Waals surface area contributed by atoms with Crippen molar-refractivity contribution >= 4 is 0 Å². The van der Waals surface area contributed by atoms with Crippen LogP contribution in [-0.2, 0) is 0 Å². The molecule has 0 spiro atoms. The first-order valence-electron chi connectivity index (χ1n) is 7.07. The lowest BCUT2D eigenvalue weighted by molar-refractivity contribution is 0.189. The van der Waals surface area contributed by atoms with Crippen LogP contribution in [0.15, 0.2) is 18.3 Å². The predicted molar refractivity (Wildman–Crippen MR) is 75.8 cm³/mol. The number of pyridine rings is 1. The van der Waals surface area contributed by atoms with Gasteiger partial charge in [-0.05, 0) is 18.9 Å². The fourth-order valence-electron chi connectivity index (χ4n) is 2.17. The number of hydrogen-bond acceptors (Lipinski definition) is 3. The zero-order valence-electron chi connectivity index (χ0n) is 12.3. The van der Waals surface area contributed by atoms with Gasteiger partial charge in [0.15, 0.2) is 0 Å². The summed E-state index contributed by atoms with van der Waals surface area (Å²) in [4.78, 5) is 3.91. The molecule has 0 amide bonds. The lowest BCUT2D eigenvalue weighted by atomic mass is 9.95. The van der Waals surface area contributed by atoms with Gasteiger partial charge >= 0.3 is 0 Å². The van der Waals surface area contributed by atoms with Crippen molar-refractivity contribution < 1.29 is 9.13 Å². The molecule has 0 saturated heterocycles. The van der Waals surface area contributed by atoms with Gasteiger partial charge in [0.05, 0.1) is 12.8 Å². The number of ether oxygens (including phenoxy) is 1. The normalized spacial score (nSPS) is 14.4. The zero-order valence-corrected chi connectivity index (χ0v) is 12.3. The van der Waals surface area contributed by atoms with E-state index in [1.165, 1.54) is 12.3 Å². The van der Waals surface area contributed by atoms with Gasteiger partial charge in [-0.15, -0.1) is 0 Å². The molecule has 0 fully saturated rings. The summed E-state index contributed by atoms with van der Waals surface area (Å²) in [6, 6.07) is 3.83. The van der Waals surface area contributed by atoms with Gasteiger partial charge in [-0.1, -0.05) is 27.7 Å². The summed E-state index contributed by atoms with van der Waals surface area (Å²) >= 11 is 0. The lowest BCUT2D eigenvalue weighted by Crippen LogP contribution is -2.42. The molecule has 0 aliphatic heterocycles. The third-order valence-electron chi connectivity index (χ3n) is 3.23. The second-order valence-electron chi connectivity index (χ2n) is 5.13. The molecule has 0 aliphatic carbocycles. The van der Waals surface area contributed by atoms with E-state index in [-0.39, 0.29) is 5.82 Å². The van der Waals surface area contributed by atoms with Gasteiger partial charge in [0, 0.05) is 24.1 Å². The number of nitrogens with one attached hydrogen (secondary N) is 1. The summed E-state index contributed by atoms with van der Waals surface area (Å²) in [7, 11) is 0. The Labute approximate surface area is 115 Å². The highest BCUT2D eigenvalue weighted by molar-refractivity contribution is 5.10. The van der Waals surface area contributed by atoms with Crippen molar-refractivity contribution in [3.05, 3.63) is 24.1 Å². The van der Waals surface area contributed by atoms with E-state index in [2.05, 4.69) is 38.0 Å². The molecular formula is C15H25FN2O. The SMILES string of the molecule is CCC(COc1ccc(F)cn1)C(CC)NC(C)C. The summed E-state index contributed by atoms with van der Waals surface area (Å²) in [5, 5.41) is 3.57. The van der Waals surface area contributed by atoms with Gasteiger partial charge in [0.2, 0.25) is 5.88 Å². The van der Waals surface area contributed by atoms with Crippen LogP contribution in [0.1, 0.15) is 40.5 Å². The average molecular weight is 268 g/mol. The summed E-state index contributed by atoms with van der Waals surface area (Å²) in [6.07, 6.45) is 3.29. The van der Waals surface area contributed by atoms with Crippen LogP contribution in [0.4, 0.5) is 4.39 Å². The van der Waals surface area contributed by atoms with E-state index < -0.39 is 0 Å². The van der Waals surface area contributed by atoms with Crippen molar-refractivity contribution in [3.8, 4) is 5.88 Å². The molecule has 19 heavy (non-hydrogen) atoms. The molecule has 0 bridgehead atoms. The second kappa shape index (κ2) is 8.10. The van der Waals surface area contributed by atoms with Gasteiger partial charge < -0.3 is 10.1 Å². The molecule has 0 radical (unpaired) electrons. The molecule has 0 saturated carbocycles. The molecule has 4 heteroatoms. The van der Waals surface area contributed by atoms with E-state index in [9.17, 15) is 4.39 Å². The van der Waals surface area contributed by atoms with Crippen LogP contribution in [0.5, 0.6) is 5.88 Å². The monoisotopic (exact) mass is 268 g/mol. The van der Waals surface area contributed by atoms with Crippen molar-refractivity contribution in [2.75, 3.05) is 6.61 Å². The minimum Gasteiger partial charge on any atom is -0.477 e. The molecule has 108 valence electrons. The zero-order chi connectivity index (χ0) is 14.3. The van der Waals surface area contributed by atoms with E-state index in [4.69, 9.17) is 4.74 Å². The number of halogens is 1. The Morgan fingerprint density at radius 1 is 1.26 bits per heavy atom. The Morgan fingerprint density at radius 3 is 2.47 bits per heavy atom. The average Bonchev–Trinajstić information content (AvgIpc) is 2.39. The predicted octanol–water partition coefficient (Wildman–Crippen LogP) is 3.40. The topological polar surface area (TPSA) is 34.1 Å². The van der Waals surface area contributed by atoms with Crippen LogP contribution in [0.25, 0.3) is 0 Å². The fraction of sp³-hybridized carbons (Fsp3) is 0.667. The van der Waals surface area contributed by atoms with Crippen LogP contribution in [0.3, 0.4) is 0 Å². The molecule has 2 unspecified atom stereocenters. The van der Waals surface area contributed by atoms with Gasteiger partial charge in [0.1, 0.15) is 5.82 Å². The second-order valence-corrected chi connectivity index (χ2v) is 5.13. The number of rotatable bonds is 8. The Bertz CT molecular complexity index is 354. The van der Waals surface area contributed by atoms with Gasteiger partial charge in [-0.2, -0.15) is 0 Å². The number of hydrogen-bond donors (Lipinski definition) is 1. The first-order chi connectivity index (χ1) is 9.06. The molecule has 0 aromatic carbocycles. The highest BCUT2D eigenvalue weighted by Gasteiger charge is 2.19. The highest BCUT2D eigenvalue weighted by Crippen LogP contribution is 2.15. The summed E-state index contributed by atoms with van der Waals surface area (Å²) in [6.45, 7) is 9.25. The highest BCUT2D eigenvalue weighted by atomic mass is 19.1. The third kappa shape index (κ3) is 5.55. The molecular weight excluding hydrogens is 243 g/mol. The van der Waals surface area contributed by atoms with Crippen LogP contribution >= 0.6 is 0 Å². The number of nitrogens with zero attached hydrogens (tertiary/aromatic N) is 1. The molecule has 1 rings (SSSR count). The first-order valence-corrected chi connectivity index (χ1v) is 7.07. The summed E-state index contributed by atoms with van der Waals surface area (Å²) in [5.41, 5.74) is 0. The van der Waals surface area contributed by atoms with Gasteiger partial charge in [0.25, 0.3) is 0 Å². The van der Waals surface area contributed by atoms with E-state index >= 15 is 0 Å². The molecule has 1 aromatic heterocycles. The van der Waals surface area contributed by atoms with Gasteiger partial charge in [-0.25, -0.2) is 9.37 Å². The largest absolute Gasteiger partial charge is 0.477 e. The maximum Gasteiger partial charge on any atom is 0.213 e. The Hall–Kier alpha value is -1.16. The third-order valence-corrected chi connectivity index (χ3v) is 3.23. The molecule has 1 aromatic rings. The summed E-state index contributed by atoms with van der Waals surface area (Å²) < 4.78 is 18.4.